The predicted octanol–water partition coefficient (Wildman–Crippen LogP) is 0.754. The van der Waals surface area contributed by atoms with Crippen molar-refractivity contribution in [3.05, 3.63) is 27.4 Å². The molecule has 1 atom stereocenters. The molecule has 1 unspecified atom stereocenters. The Morgan fingerprint density at radius 1 is 1.29 bits per heavy atom. The first-order valence-electron chi connectivity index (χ1n) is 5.70. The molecule has 1 aliphatic rings. The Bertz CT molecular complexity index is 589. The van der Waals surface area contributed by atoms with Gasteiger partial charge in [0, 0.05) is 11.8 Å². The maximum Gasteiger partial charge on any atom is 0.254 e. The van der Waals surface area contributed by atoms with Crippen LogP contribution in [0, 0.1) is 0 Å². The minimum Gasteiger partial charge on any atom is -0.309 e. The Morgan fingerprint density at radius 2 is 1.94 bits per heavy atom. The summed E-state index contributed by atoms with van der Waals surface area (Å²) in [6.45, 7) is 1.54. The van der Waals surface area contributed by atoms with Gasteiger partial charge in [0.15, 0.2) is 9.84 Å². The second-order valence-electron chi connectivity index (χ2n) is 4.56. The molecule has 0 saturated heterocycles. The van der Waals surface area contributed by atoms with Gasteiger partial charge in [-0.3, -0.25) is 4.79 Å². The zero-order chi connectivity index (χ0) is 12.6. The molecule has 1 N–H and O–H groups in total. The van der Waals surface area contributed by atoms with Crippen molar-refractivity contribution in [2.24, 2.45) is 0 Å². The molecule has 1 aromatic heterocycles. The van der Waals surface area contributed by atoms with Gasteiger partial charge in [-0.05, 0) is 32.6 Å². The molecule has 1 aliphatic carbocycles. The van der Waals surface area contributed by atoms with Gasteiger partial charge < -0.3 is 4.98 Å². The predicted molar refractivity (Wildman–Crippen MR) is 64.8 cm³/mol. The van der Waals surface area contributed by atoms with E-state index in [-0.39, 0.29) is 11.4 Å². The number of hydrogen-bond acceptors (Lipinski definition) is 4. The fraction of sp³-hybridized carbons (Fsp3) is 0.636. The number of nitrogens with one attached hydrogen (secondary N) is 1. The lowest BCUT2D eigenvalue weighted by molar-refractivity contribution is 0.586. The summed E-state index contributed by atoms with van der Waals surface area (Å²) in [7, 11) is -3.23. The van der Waals surface area contributed by atoms with Crippen LogP contribution in [0.25, 0.3) is 0 Å². The van der Waals surface area contributed by atoms with Gasteiger partial charge in [0.2, 0.25) is 0 Å². The lowest BCUT2D eigenvalue weighted by Gasteiger charge is -2.16. The third kappa shape index (κ3) is 2.41. The lowest BCUT2D eigenvalue weighted by Crippen LogP contribution is -2.25. The standard InChI is InChI=1S/C11H16N2O3S/c1-7(17(2,15)16)10-12-9-6-4-3-5-8(9)11(14)13-10/h7H,3-6H2,1-2H3,(H,12,13,14). The molecule has 2 rings (SSSR count). The minimum atomic E-state index is -3.23. The Hall–Kier alpha value is -1.17. The SMILES string of the molecule is CC(c1nc2c(c(=O)[nH]1)CCCC2)S(C)(=O)=O. The van der Waals surface area contributed by atoms with Crippen LogP contribution in [0.3, 0.4) is 0 Å². The van der Waals surface area contributed by atoms with Crippen LogP contribution in [0.15, 0.2) is 4.79 Å². The summed E-state index contributed by atoms with van der Waals surface area (Å²) in [4.78, 5) is 18.7. The number of aromatic nitrogens is 2. The van der Waals surface area contributed by atoms with E-state index in [9.17, 15) is 13.2 Å². The minimum absolute atomic E-state index is 0.180. The molecule has 0 radical (unpaired) electrons. The van der Waals surface area contributed by atoms with Gasteiger partial charge in [0.1, 0.15) is 11.1 Å². The molecular weight excluding hydrogens is 240 g/mol. The van der Waals surface area contributed by atoms with Crippen molar-refractivity contribution in [1.82, 2.24) is 9.97 Å². The van der Waals surface area contributed by atoms with Crippen molar-refractivity contribution in [2.45, 2.75) is 37.9 Å². The van der Waals surface area contributed by atoms with Crippen LogP contribution < -0.4 is 5.56 Å². The molecule has 17 heavy (non-hydrogen) atoms. The van der Waals surface area contributed by atoms with E-state index in [0.717, 1.165) is 43.2 Å². The van der Waals surface area contributed by atoms with Crippen LogP contribution in [0.4, 0.5) is 0 Å². The van der Waals surface area contributed by atoms with Gasteiger partial charge in [0.25, 0.3) is 5.56 Å². The molecule has 0 bridgehead atoms. The van der Waals surface area contributed by atoms with E-state index in [4.69, 9.17) is 0 Å². The summed E-state index contributed by atoms with van der Waals surface area (Å²) in [5.41, 5.74) is 1.31. The lowest BCUT2D eigenvalue weighted by atomic mass is 9.97. The summed E-state index contributed by atoms with van der Waals surface area (Å²) in [6.07, 6.45) is 4.67. The molecule has 0 fully saturated rings. The van der Waals surface area contributed by atoms with Crippen LogP contribution in [-0.4, -0.2) is 24.6 Å². The average Bonchev–Trinajstić information content (AvgIpc) is 2.27. The molecule has 1 heterocycles. The van der Waals surface area contributed by atoms with Crippen molar-refractivity contribution >= 4 is 9.84 Å². The van der Waals surface area contributed by atoms with Crippen LogP contribution in [-0.2, 0) is 22.7 Å². The van der Waals surface area contributed by atoms with Crippen LogP contribution in [0.5, 0.6) is 0 Å². The quantitative estimate of drug-likeness (QED) is 0.847. The summed E-state index contributed by atoms with van der Waals surface area (Å²) < 4.78 is 22.9. The molecular formula is C11H16N2O3S. The van der Waals surface area contributed by atoms with Gasteiger partial charge in [0.05, 0.1) is 5.69 Å². The van der Waals surface area contributed by atoms with E-state index in [1.165, 1.54) is 0 Å². The highest BCUT2D eigenvalue weighted by Gasteiger charge is 2.23. The van der Waals surface area contributed by atoms with Crippen molar-refractivity contribution < 1.29 is 8.42 Å². The van der Waals surface area contributed by atoms with Crippen LogP contribution in [0.2, 0.25) is 0 Å². The summed E-state index contributed by atoms with van der Waals surface area (Å²) in [5, 5.41) is -0.762. The zero-order valence-corrected chi connectivity index (χ0v) is 10.8. The molecule has 0 aromatic carbocycles. The molecule has 0 amide bonds. The number of nitrogens with zero attached hydrogens (tertiary/aromatic N) is 1. The van der Waals surface area contributed by atoms with Crippen LogP contribution >= 0.6 is 0 Å². The van der Waals surface area contributed by atoms with E-state index in [0.29, 0.717) is 0 Å². The zero-order valence-electron chi connectivity index (χ0n) is 9.99. The number of fused-ring (bicyclic) bond motifs is 1. The molecule has 6 heteroatoms. The summed E-state index contributed by atoms with van der Waals surface area (Å²) in [5.74, 6) is 0.262. The second kappa shape index (κ2) is 4.25. The largest absolute Gasteiger partial charge is 0.309 e. The number of aryl methyl sites for hydroxylation is 1. The molecule has 94 valence electrons. The number of hydrogen-bond donors (Lipinski definition) is 1. The maximum absolute atomic E-state index is 11.8. The number of aromatic amines is 1. The second-order valence-corrected chi connectivity index (χ2v) is 6.92. The third-order valence-electron chi connectivity index (χ3n) is 3.24. The highest BCUT2D eigenvalue weighted by Crippen LogP contribution is 2.20. The monoisotopic (exact) mass is 256 g/mol. The number of sulfone groups is 1. The van der Waals surface area contributed by atoms with Crippen LogP contribution in [0.1, 0.15) is 42.1 Å². The molecule has 0 spiro atoms. The summed E-state index contributed by atoms with van der Waals surface area (Å²) in [6, 6.07) is 0. The van der Waals surface area contributed by atoms with E-state index in [1.54, 1.807) is 6.92 Å². The van der Waals surface area contributed by atoms with Gasteiger partial charge in [-0.1, -0.05) is 0 Å². The molecule has 0 aliphatic heterocycles. The fourth-order valence-electron chi connectivity index (χ4n) is 2.02. The molecule has 5 nitrogen and oxygen atoms in total. The number of rotatable bonds is 2. The molecule has 0 saturated carbocycles. The maximum atomic E-state index is 11.8. The van der Waals surface area contributed by atoms with E-state index >= 15 is 0 Å². The van der Waals surface area contributed by atoms with Crippen molar-refractivity contribution in [3.63, 3.8) is 0 Å². The summed E-state index contributed by atoms with van der Waals surface area (Å²) >= 11 is 0. The smallest absolute Gasteiger partial charge is 0.254 e. The first-order valence-corrected chi connectivity index (χ1v) is 7.66. The Morgan fingerprint density at radius 3 is 2.59 bits per heavy atom. The van der Waals surface area contributed by atoms with Crippen molar-refractivity contribution in [3.8, 4) is 0 Å². The van der Waals surface area contributed by atoms with Crippen molar-refractivity contribution in [1.29, 1.82) is 0 Å². The molecule has 1 aromatic rings. The highest BCUT2D eigenvalue weighted by molar-refractivity contribution is 7.90. The topological polar surface area (TPSA) is 79.9 Å². The van der Waals surface area contributed by atoms with Gasteiger partial charge in [-0.15, -0.1) is 0 Å². The Balaban J connectivity index is 2.52. The van der Waals surface area contributed by atoms with E-state index < -0.39 is 15.1 Å². The highest BCUT2D eigenvalue weighted by atomic mass is 32.2. The fourth-order valence-corrected chi connectivity index (χ4v) is 2.53. The normalized spacial score (nSPS) is 17.5. The van der Waals surface area contributed by atoms with Gasteiger partial charge >= 0.3 is 0 Å². The Kier molecular flexibility index (Phi) is 3.07. The third-order valence-corrected chi connectivity index (χ3v) is 4.74. The number of H-pyrrole nitrogens is 1. The van der Waals surface area contributed by atoms with Gasteiger partial charge in [-0.25, -0.2) is 13.4 Å². The van der Waals surface area contributed by atoms with Crippen molar-refractivity contribution in [2.75, 3.05) is 6.26 Å². The Labute approximate surface area is 100 Å². The first-order chi connectivity index (χ1) is 7.89. The van der Waals surface area contributed by atoms with E-state index in [1.807, 2.05) is 0 Å². The first kappa shape index (κ1) is 12.3. The van der Waals surface area contributed by atoms with E-state index in [2.05, 4.69) is 9.97 Å². The van der Waals surface area contributed by atoms with Gasteiger partial charge in [-0.2, -0.15) is 0 Å². The average molecular weight is 256 g/mol.